The number of ether oxygens (including phenoxy) is 1. The van der Waals surface area contributed by atoms with Crippen LogP contribution < -0.4 is 0 Å². The van der Waals surface area contributed by atoms with Crippen LogP contribution in [0.1, 0.15) is 23.2 Å². The molecule has 0 aliphatic carbocycles. The van der Waals surface area contributed by atoms with Crippen LogP contribution in [0.3, 0.4) is 0 Å². The van der Waals surface area contributed by atoms with Gasteiger partial charge in [0, 0.05) is 30.8 Å². The van der Waals surface area contributed by atoms with Crippen LogP contribution in [-0.4, -0.2) is 41.9 Å². The lowest BCUT2D eigenvalue weighted by molar-refractivity contribution is -0.384. The normalized spacial score (nSPS) is 15.6. The molecule has 1 amide bonds. The average Bonchev–Trinajstić information content (AvgIpc) is 2.53. The second kappa shape index (κ2) is 6.34. The summed E-state index contributed by atoms with van der Waals surface area (Å²) >= 11 is 0. The van der Waals surface area contributed by atoms with Gasteiger partial charge < -0.3 is 9.64 Å². The molecule has 0 aromatic heterocycles. The smallest absolute Gasteiger partial charge is 0.308 e. The quantitative estimate of drug-likeness (QED) is 0.479. The summed E-state index contributed by atoms with van der Waals surface area (Å²) in [6.07, 6.45) is 1.15. The molecule has 7 heteroatoms. The minimum Gasteiger partial charge on any atom is -0.469 e. The molecule has 1 aromatic carbocycles. The number of benzene rings is 1. The van der Waals surface area contributed by atoms with Crippen molar-refractivity contribution in [3.05, 3.63) is 39.9 Å². The molecule has 0 spiro atoms. The zero-order valence-corrected chi connectivity index (χ0v) is 11.7. The van der Waals surface area contributed by atoms with Gasteiger partial charge in [-0.15, -0.1) is 0 Å². The standard InChI is InChI=1S/C14H16N2O5/c1-21-14(18)11-6-8-15(9-7-11)13(17)10-2-4-12(5-3-10)16(19)20/h2-5,11H,6-9H2,1H3. The van der Waals surface area contributed by atoms with Crippen LogP contribution in [0.4, 0.5) is 5.69 Å². The molecular formula is C14H16N2O5. The molecule has 7 nitrogen and oxygen atoms in total. The molecule has 1 aliphatic heterocycles. The minimum absolute atomic E-state index is 0.0454. The van der Waals surface area contributed by atoms with E-state index < -0.39 is 4.92 Å². The van der Waals surface area contributed by atoms with Crippen LogP contribution >= 0.6 is 0 Å². The Balaban J connectivity index is 1.98. The number of carbonyl (C=O) groups is 2. The number of amides is 1. The van der Waals surface area contributed by atoms with Crippen molar-refractivity contribution in [1.82, 2.24) is 4.90 Å². The summed E-state index contributed by atoms with van der Waals surface area (Å²) in [7, 11) is 1.36. The van der Waals surface area contributed by atoms with E-state index in [0.717, 1.165) is 0 Å². The summed E-state index contributed by atoms with van der Waals surface area (Å²) in [5.41, 5.74) is 0.369. The van der Waals surface area contributed by atoms with E-state index in [0.29, 0.717) is 31.5 Å². The third-order valence-corrected chi connectivity index (χ3v) is 3.64. The number of nitrogens with zero attached hydrogens (tertiary/aromatic N) is 2. The number of piperidine rings is 1. The van der Waals surface area contributed by atoms with E-state index in [4.69, 9.17) is 4.74 Å². The van der Waals surface area contributed by atoms with Gasteiger partial charge in [-0.1, -0.05) is 0 Å². The molecule has 0 unspecified atom stereocenters. The highest BCUT2D eigenvalue weighted by atomic mass is 16.6. The zero-order chi connectivity index (χ0) is 15.4. The highest BCUT2D eigenvalue weighted by Gasteiger charge is 2.28. The summed E-state index contributed by atoms with van der Waals surface area (Å²) < 4.78 is 4.70. The topological polar surface area (TPSA) is 89.8 Å². The SMILES string of the molecule is COC(=O)C1CCN(C(=O)c2ccc([N+](=O)[O-])cc2)CC1. The van der Waals surface area contributed by atoms with Crippen molar-refractivity contribution in [2.45, 2.75) is 12.8 Å². The average molecular weight is 292 g/mol. The van der Waals surface area contributed by atoms with Crippen LogP contribution in [0.25, 0.3) is 0 Å². The van der Waals surface area contributed by atoms with Crippen molar-refractivity contribution in [1.29, 1.82) is 0 Å². The number of likely N-dealkylation sites (tertiary alicyclic amines) is 1. The van der Waals surface area contributed by atoms with E-state index in [1.54, 1.807) is 4.90 Å². The van der Waals surface area contributed by atoms with Crippen molar-refractivity contribution >= 4 is 17.6 Å². The molecule has 1 aromatic rings. The maximum absolute atomic E-state index is 12.3. The van der Waals surface area contributed by atoms with Crippen molar-refractivity contribution in [2.24, 2.45) is 5.92 Å². The number of methoxy groups -OCH3 is 1. The predicted octanol–water partition coefficient (Wildman–Crippen LogP) is 1.62. The molecule has 0 saturated carbocycles. The largest absolute Gasteiger partial charge is 0.469 e. The second-order valence-corrected chi connectivity index (χ2v) is 4.89. The minimum atomic E-state index is -0.504. The van der Waals surface area contributed by atoms with E-state index in [-0.39, 0.29) is 23.5 Å². The molecule has 1 saturated heterocycles. The van der Waals surface area contributed by atoms with Crippen molar-refractivity contribution in [3.8, 4) is 0 Å². The molecule has 21 heavy (non-hydrogen) atoms. The first-order valence-electron chi connectivity index (χ1n) is 6.64. The molecule has 112 valence electrons. The molecule has 0 bridgehead atoms. The monoisotopic (exact) mass is 292 g/mol. The Morgan fingerprint density at radius 1 is 1.24 bits per heavy atom. The fourth-order valence-corrected chi connectivity index (χ4v) is 2.39. The van der Waals surface area contributed by atoms with Gasteiger partial charge in [-0.05, 0) is 25.0 Å². The Morgan fingerprint density at radius 2 is 1.81 bits per heavy atom. The van der Waals surface area contributed by atoms with E-state index in [9.17, 15) is 19.7 Å². The molecular weight excluding hydrogens is 276 g/mol. The van der Waals surface area contributed by atoms with Crippen LogP contribution in [-0.2, 0) is 9.53 Å². The maximum Gasteiger partial charge on any atom is 0.308 e. The third kappa shape index (κ3) is 3.36. The Bertz CT molecular complexity index is 547. The lowest BCUT2D eigenvalue weighted by Crippen LogP contribution is -2.40. The van der Waals surface area contributed by atoms with Gasteiger partial charge in [0.1, 0.15) is 0 Å². The summed E-state index contributed by atoms with van der Waals surface area (Å²) in [5.74, 6) is -0.568. The van der Waals surface area contributed by atoms with E-state index in [2.05, 4.69) is 0 Å². The molecule has 1 aliphatic rings. The number of nitro groups is 1. The Kier molecular flexibility index (Phi) is 4.52. The first kappa shape index (κ1) is 15.0. The third-order valence-electron chi connectivity index (χ3n) is 3.64. The van der Waals surface area contributed by atoms with Gasteiger partial charge in [-0.25, -0.2) is 0 Å². The highest BCUT2D eigenvalue weighted by molar-refractivity contribution is 5.94. The van der Waals surface area contributed by atoms with Gasteiger partial charge in [0.2, 0.25) is 0 Å². The zero-order valence-electron chi connectivity index (χ0n) is 11.7. The molecule has 1 fully saturated rings. The lowest BCUT2D eigenvalue weighted by Gasteiger charge is -2.30. The van der Waals surface area contributed by atoms with Crippen LogP contribution in [0.15, 0.2) is 24.3 Å². The predicted molar refractivity (Wildman–Crippen MR) is 73.7 cm³/mol. The number of hydrogen-bond acceptors (Lipinski definition) is 5. The van der Waals surface area contributed by atoms with E-state index in [1.807, 2.05) is 0 Å². The second-order valence-electron chi connectivity index (χ2n) is 4.89. The Morgan fingerprint density at radius 3 is 2.29 bits per heavy atom. The van der Waals surface area contributed by atoms with Gasteiger partial charge in [-0.2, -0.15) is 0 Å². The number of non-ortho nitro benzene ring substituents is 1. The van der Waals surface area contributed by atoms with Crippen LogP contribution in [0.2, 0.25) is 0 Å². The molecule has 0 radical (unpaired) electrons. The summed E-state index contributed by atoms with van der Waals surface area (Å²) in [5, 5.41) is 10.6. The lowest BCUT2D eigenvalue weighted by atomic mass is 9.96. The number of hydrogen-bond donors (Lipinski definition) is 0. The number of rotatable bonds is 3. The summed E-state index contributed by atoms with van der Waals surface area (Å²) in [6.45, 7) is 0.963. The van der Waals surface area contributed by atoms with Gasteiger partial charge in [0.25, 0.3) is 11.6 Å². The van der Waals surface area contributed by atoms with Crippen molar-refractivity contribution in [2.75, 3.05) is 20.2 Å². The number of esters is 1. The highest BCUT2D eigenvalue weighted by Crippen LogP contribution is 2.21. The van der Waals surface area contributed by atoms with E-state index >= 15 is 0 Å². The molecule has 2 rings (SSSR count). The van der Waals surface area contributed by atoms with Gasteiger partial charge in [-0.3, -0.25) is 19.7 Å². The molecule has 1 heterocycles. The molecule has 0 atom stereocenters. The molecule has 0 N–H and O–H groups in total. The van der Waals surface area contributed by atoms with Crippen LogP contribution in [0, 0.1) is 16.0 Å². The van der Waals surface area contributed by atoms with Crippen LogP contribution in [0.5, 0.6) is 0 Å². The van der Waals surface area contributed by atoms with Crippen molar-refractivity contribution < 1.29 is 19.2 Å². The Labute approximate surface area is 121 Å². The van der Waals surface area contributed by atoms with Gasteiger partial charge in [0.15, 0.2) is 0 Å². The number of carbonyl (C=O) groups excluding carboxylic acids is 2. The maximum atomic E-state index is 12.3. The Hall–Kier alpha value is -2.44. The van der Waals surface area contributed by atoms with Gasteiger partial charge >= 0.3 is 5.97 Å². The van der Waals surface area contributed by atoms with E-state index in [1.165, 1.54) is 31.4 Å². The van der Waals surface area contributed by atoms with Crippen molar-refractivity contribution in [3.63, 3.8) is 0 Å². The summed E-state index contributed by atoms with van der Waals surface area (Å²) in [6, 6.07) is 5.53. The summed E-state index contributed by atoms with van der Waals surface area (Å²) in [4.78, 5) is 35.4. The fourth-order valence-electron chi connectivity index (χ4n) is 2.39. The van der Waals surface area contributed by atoms with Gasteiger partial charge in [0.05, 0.1) is 18.0 Å². The number of nitro benzene ring substituents is 1. The first-order valence-corrected chi connectivity index (χ1v) is 6.64. The first-order chi connectivity index (χ1) is 10.0. The fraction of sp³-hybridized carbons (Fsp3) is 0.429.